The molecule has 0 unspecified atom stereocenters. The first-order chi connectivity index (χ1) is 9.83. The lowest BCUT2D eigenvalue weighted by atomic mass is 10.1. The van der Waals surface area contributed by atoms with E-state index in [1.807, 2.05) is 20.8 Å². The smallest absolute Gasteiger partial charge is 0.410 e. The molecule has 7 heteroatoms. The number of anilines is 1. The minimum atomic E-state index is -0.475. The van der Waals surface area contributed by atoms with Crippen LogP contribution in [0.4, 0.5) is 10.6 Å². The Labute approximate surface area is 129 Å². The van der Waals surface area contributed by atoms with E-state index in [9.17, 15) is 4.79 Å². The second-order valence-corrected chi connectivity index (χ2v) is 6.52. The molecule has 1 amide bonds. The van der Waals surface area contributed by atoms with Crippen molar-refractivity contribution in [2.75, 3.05) is 18.4 Å². The maximum Gasteiger partial charge on any atom is 0.410 e. The Kier molecular flexibility index (Phi) is 4.88. The van der Waals surface area contributed by atoms with Gasteiger partial charge in [-0.25, -0.2) is 14.8 Å². The molecule has 1 atom stereocenters. The van der Waals surface area contributed by atoms with Crippen LogP contribution in [0.1, 0.15) is 33.6 Å². The quantitative estimate of drug-likeness (QED) is 0.850. The minimum Gasteiger partial charge on any atom is -0.444 e. The normalized spacial score (nSPS) is 19.2. The molecule has 1 aliphatic heterocycles. The van der Waals surface area contributed by atoms with Crippen LogP contribution < -0.4 is 5.32 Å². The number of aromatic nitrogens is 2. The molecule has 0 spiro atoms. The van der Waals surface area contributed by atoms with E-state index in [1.165, 1.54) is 6.33 Å². The molecule has 0 saturated carbocycles. The largest absolute Gasteiger partial charge is 0.444 e. The van der Waals surface area contributed by atoms with E-state index in [-0.39, 0.29) is 12.1 Å². The van der Waals surface area contributed by atoms with Crippen LogP contribution >= 0.6 is 11.6 Å². The number of carbonyl (C=O) groups is 1. The SMILES string of the molecule is CC(C)(C)OC(=O)N1CCC[C@H](Nc2cc(Cl)ncn2)C1. The number of rotatable bonds is 2. The van der Waals surface area contributed by atoms with Gasteiger partial charge in [-0.15, -0.1) is 0 Å². The molecule has 1 aromatic rings. The Bertz CT molecular complexity index is 504. The van der Waals surface area contributed by atoms with Crippen molar-refractivity contribution in [1.29, 1.82) is 0 Å². The van der Waals surface area contributed by atoms with Gasteiger partial charge in [0, 0.05) is 25.2 Å². The number of halogens is 1. The molecule has 2 rings (SSSR count). The van der Waals surface area contributed by atoms with Gasteiger partial charge in [-0.2, -0.15) is 0 Å². The van der Waals surface area contributed by atoms with Gasteiger partial charge in [-0.1, -0.05) is 11.6 Å². The summed E-state index contributed by atoms with van der Waals surface area (Å²) in [5.41, 5.74) is -0.475. The van der Waals surface area contributed by atoms with Crippen LogP contribution in [0.3, 0.4) is 0 Å². The molecule has 1 aliphatic rings. The van der Waals surface area contributed by atoms with Crippen molar-refractivity contribution in [2.24, 2.45) is 0 Å². The molecule has 21 heavy (non-hydrogen) atoms. The van der Waals surface area contributed by atoms with Gasteiger partial charge in [0.05, 0.1) is 0 Å². The summed E-state index contributed by atoms with van der Waals surface area (Å²) in [6.45, 7) is 6.92. The average molecular weight is 313 g/mol. The van der Waals surface area contributed by atoms with E-state index in [0.29, 0.717) is 17.5 Å². The van der Waals surface area contributed by atoms with Crippen LogP contribution in [0.2, 0.25) is 5.15 Å². The van der Waals surface area contributed by atoms with Gasteiger partial charge in [0.2, 0.25) is 0 Å². The molecule has 0 bridgehead atoms. The number of carbonyl (C=O) groups excluding carboxylic acids is 1. The second-order valence-electron chi connectivity index (χ2n) is 6.14. The summed E-state index contributed by atoms with van der Waals surface area (Å²) in [5, 5.41) is 3.68. The summed E-state index contributed by atoms with van der Waals surface area (Å²) in [4.78, 5) is 21.8. The van der Waals surface area contributed by atoms with Crippen LogP contribution in [0.25, 0.3) is 0 Å². The Morgan fingerprint density at radius 1 is 1.48 bits per heavy atom. The average Bonchev–Trinajstić information content (AvgIpc) is 2.37. The molecule has 2 heterocycles. The van der Waals surface area contributed by atoms with Gasteiger partial charge < -0.3 is 15.0 Å². The molecule has 1 N–H and O–H groups in total. The molecule has 1 saturated heterocycles. The third kappa shape index (κ3) is 5.04. The van der Waals surface area contributed by atoms with Gasteiger partial charge >= 0.3 is 6.09 Å². The number of nitrogens with zero attached hydrogens (tertiary/aromatic N) is 3. The lowest BCUT2D eigenvalue weighted by Gasteiger charge is -2.34. The molecular formula is C14H21ClN4O2. The first kappa shape index (κ1) is 15.8. The fraction of sp³-hybridized carbons (Fsp3) is 0.643. The topological polar surface area (TPSA) is 67.3 Å². The van der Waals surface area contributed by atoms with E-state index < -0.39 is 5.60 Å². The zero-order valence-corrected chi connectivity index (χ0v) is 13.4. The number of hydrogen-bond donors (Lipinski definition) is 1. The molecule has 0 radical (unpaired) electrons. The Morgan fingerprint density at radius 3 is 2.90 bits per heavy atom. The van der Waals surface area contributed by atoms with Gasteiger partial charge in [-0.3, -0.25) is 0 Å². The first-order valence-electron chi connectivity index (χ1n) is 7.05. The standard InChI is InChI=1S/C14H21ClN4O2/c1-14(2,3)21-13(20)19-6-4-5-10(8-19)18-12-7-11(15)16-9-17-12/h7,9-10H,4-6,8H2,1-3H3,(H,16,17,18)/t10-/m0/s1. The van der Waals surface area contributed by atoms with Crippen LogP contribution in [0.15, 0.2) is 12.4 Å². The number of likely N-dealkylation sites (tertiary alicyclic amines) is 1. The number of ether oxygens (including phenoxy) is 1. The Balaban J connectivity index is 1.93. The highest BCUT2D eigenvalue weighted by Crippen LogP contribution is 2.18. The summed E-state index contributed by atoms with van der Waals surface area (Å²) in [7, 11) is 0. The minimum absolute atomic E-state index is 0.136. The van der Waals surface area contributed by atoms with Crippen molar-refractivity contribution in [3.8, 4) is 0 Å². The summed E-state index contributed by atoms with van der Waals surface area (Å²) in [5.74, 6) is 0.672. The lowest BCUT2D eigenvalue weighted by molar-refractivity contribution is 0.0206. The van der Waals surface area contributed by atoms with Crippen molar-refractivity contribution >= 4 is 23.5 Å². The maximum absolute atomic E-state index is 12.1. The number of piperidine rings is 1. The first-order valence-corrected chi connectivity index (χ1v) is 7.43. The molecule has 6 nitrogen and oxygen atoms in total. The summed E-state index contributed by atoms with van der Waals surface area (Å²) < 4.78 is 5.41. The Hall–Kier alpha value is -1.56. The van der Waals surface area contributed by atoms with Gasteiger partial charge in [0.25, 0.3) is 0 Å². The second kappa shape index (κ2) is 6.47. The predicted octanol–water partition coefficient (Wildman–Crippen LogP) is 2.94. The van der Waals surface area contributed by atoms with Crippen molar-refractivity contribution in [3.63, 3.8) is 0 Å². The van der Waals surface area contributed by atoms with Gasteiger partial charge in [0.15, 0.2) is 0 Å². The third-order valence-electron chi connectivity index (χ3n) is 3.06. The van der Waals surface area contributed by atoms with Gasteiger partial charge in [-0.05, 0) is 33.6 Å². The number of hydrogen-bond acceptors (Lipinski definition) is 5. The Morgan fingerprint density at radius 2 is 2.24 bits per heavy atom. The van der Waals surface area contributed by atoms with E-state index in [2.05, 4.69) is 15.3 Å². The monoisotopic (exact) mass is 312 g/mol. The van der Waals surface area contributed by atoms with E-state index in [4.69, 9.17) is 16.3 Å². The fourth-order valence-electron chi connectivity index (χ4n) is 2.21. The van der Waals surface area contributed by atoms with Crippen molar-refractivity contribution in [3.05, 3.63) is 17.5 Å². The maximum atomic E-state index is 12.1. The summed E-state index contributed by atoms with van der Waals surface area (Å²) in [6, 6.07) is 1.81. The summed E-state index contributed by atoms with van der Waals surface area (Å²) in [6.07, 6.45) is 3.05. The van der Waals surface area contributed by atoms with Crippen molar-refractivity contribution < 1.29 is 9.53 Å². The van der Waals surface area contributed by atoms with Gasteiger partial charge in [0.1, 0.15) is 22.9 Å². The van der Waals surface area contributed by atoms with E-state index in [0.717, 1.165) is 19.4 Å². The van der Waals surface area contributed by atoms with Crippen LogP contribution in [0.5, 0.6) is 0 Å². The van der Waals surface area contributed by atoms with Crippen LogP contribution in [-0.2, 0) is 4.74 Å². The molecule has 1 fully saturated rings. The highest BCUT2D eigenvalue weighted by Gasteiger charge is 2.27. The highest BCUT2D eigenvalue weighted by atomic mass is 35.5. The molecule has 0 aromatic carbocycles. The predicted molar refractivity (Wildman–Crippen MR) is 81.5 cm³/mol. The van der Waals surface area contributed by atoms with E-state index >= 15 is 0 Å². The zero-order chi connectivity index (χ0) is 15.5. The number of nitrogens with one attached hydrogen (secondary N) is 1. The fourth-order valence-corrected chi connectivity index (χ4v) is 2.36. The molecule has 0 aliphatic carbocycles. The zero-order valence-electron chi connectivity index (χ0n) is 12.6. The molecular weight excluding hydrogens is 292 g/mol. The third-order valence-corrected chi connectivity index (χ3v) is 3.27. The van der Waals surface area contributed by atoms with Crippen LogP contribution in [0, 0.1) is 0 Å². The van der Waals surface area contributed by atoms with E-state index in [1.54, 1.807) is 11.0 Å². The molecule has 1 aromatic heterocycles. The molecule has 116 valence electrons. The number of amides is 1. The van der Waals surface area contributed by atoms with Crippen LogP contribution in [-0.4, -0.2) is 45.7 Å². The van der Waals surface area contributed by atoms with Crippen molar-refractivity contribution in [1.82, 2.24) is 14.9 Å². The lowest BCUT2D eigenvalue weighted by Crippen LogP contribution is -2.47. The summed E-state index contributed by atoms with van der Waals surface area (Å²) >= 11 is 5.84. The van der Waals surface area contributed by atoms with Crippen molar-refractivity contribution in [2.45, 2.75) is 45.3 Å². The highest BCUT2D eigenvalue weighted by molar-refractivity contribution is 6.29.